The summed E-state index contributed by atoms with van der Waals surface area (Å²) < 4.78 is 11.4. The van der Waals surface area contributed by atoms with Crippen molar-refractivity contribution in [2.45, 2.75) is 45.3 Å². The maximum Gasteiger partial charge on any atom is 0.138 e. The molecule has 0 atom stereocenters. The van der Waals surface area contributed by atoms with Crippen LogP contribution in [0.25, 0.3) is 0 Å². The third-order valence-corrected chi connectivity index (χ3v) is 2.31. The second-order valence-corrected chi connectivity index (χ2v) is 5.30. The van der Waals surface area contributed by atoms with Crippen LogP contribution in [0.2, 0.25) is 0 Å². The van der Waals surface area contributed by atoms with E-state index in [-0.39, 0.29) is 5.60 Å². The van der Waals surface area contributed by atoms with E-state index in [1.165, 1.54) is 0 Å². The van der Waals surface area contributed by atoms with Crippen molar-refractivity contribution in [1.29, 1.82) is 5.26 Å². The van der Waals surface area contributed by atoms with Gasteiger partial charge in [-0.25, -0.2) is 0 Å². The third-order valence-electron chi connectivity index (χ3n) is 2.31. The maximum absolute atomic E-state index is 9.10. The first-order valence-corrected chi connectivity index (χ1v) is 5.88. The van der Waals surface area contributed by atoms with Gasteiger partial charge in [0.1, 0.15) is 23.2 Å². The van der Waals surface area contributed by atoms with Gasteiger partial charge in [0, 0.05) is 6.07 Å². The lowest BCUT2D eigenvalue weighted by atomic mass is 10.1. The molecule has 1 aliphatic carbocycles. The van der Waals surface area contributed by atoms with E-state index in [1.807, 2.05) is 32.9 Å². The largest absolute Gasteiger partial charge is 0.490 e. The number of benzene rings is 1. The molecule has 0 aromatic heterocycles. The fourth-order valence-electron chi connectivity index (χ4n) is 1.47. The average Bonchev–Trinajstić information content (AvgIpc) is 3.02. The number of rotatable bonds is 3. The summed E-state index contributed by atoms with van der Waals surface area (Å²) in [5, 5.41) is 9.10. The first-order chi connectivity index (χ1) is 7.98. The summed E-state index contributed by atoms with van der Waals surface area (Å²) in [5.41, 5.74) is 0.225. The summed E-state index contributed by atoms with van der Waals surface area (Å²) in [6.07, 6.45) is 2.57. The Morgan fingerprint density at radius 3 is 2.53 bits per heavy atom. The van der Waals surface area contributed by atoms with Crippen molar-refractivity contribution in [3.8, 4) is 17.6 Å². The molecule has 0 amide bonds. The van der Waals surface area contributed by atoms with Gasteiger partial charge < -0.3 is 9.47 Å². The quantitative estimate of drug-likeness (QED) is 0.801. The molecule has 1 saturated carbocycles. The Balaban J connectivity index is 2.19. The molecule has 3 nitrogen and oxygen atoms in total. The molecular weight excluding hydrogens is 214 g/mol. The summed E-state index contributed by atoms with van der Waals surface area (Å²) >= 11 is 0. The summed E-state index contributed by atoms with van der Waals surface area (Å²) in [4.78, 5) is 0. The molecule has 1 aromatic carbocycles. The van der Waals surface area contributed by atoms with Crippen molar-refractivity contribution < 1.29 is 9.47 Å². The van der Waals surface area contributed by atoms with Crippen LogP contribution in [-0.2, 0) is 0 Å². The highest BCUT2D eigenvalue weighted by Gasteiger charge is 2.24. The molecule has 1 aliphatic rings. The third kappa shape index (κ3) is 3.39. The zero-order chi connectivity index (χ0) is 12.5. The molecule has 90 valence electrons. The van der Waals surface area contributed by atoms with Gasteiger partial charge in [-0.1, -0.05) is 0 Å². The van der Waals surface area contributed by atoms with Crippen LogP contribution in [0, 0.1) is 11.3 Å². The topological polar surface area (TPSA) is 42.2 Å². The molecule has 0 spiro atoms. The van der Waals surface area contributed by atoms with Gasteiger partial charge in [0.2, 0.25) is 0 Å². The van der Waals surface area contributed by atoms with E-state index in [4.69, 9.17) is 14.7 Å². The summed E-state index contributed by atoms with van der Waals surface area (Å²) in [5.74, 6) is 1.37. The highest BCUT2D eigenvalue weighted by Crippen LogP contribution is 2.31. The predicted octanol–water partition coefficient (Wildman–Crippen LogP) is 3.28. The van der Waals surface area contributed by atoms with Crippen molar-refractivity contribution in [1.82, 2.24) is 0 Å². The number of ether oxygens (including phenoxy) is 2. The monoisotopic (exact) mass is 231 g/mol. The van der Waals surface area contributed by atoms with Gasteiger partial charge in [0.15, 0.2) is 0 Å². The lowest BCUT2D eigenvalue weighted by Gasteiger charge is -2.22. The zero-order valence-electron chi connectivity index (χ0n) is 10.5. The Bertz CT molecular complexity index is 450. The van der Waals surface area contributed by atoms with E-state index in [9.17, 15) is 0 Å². The van der Waals surface area contributed by atoms with E-state index < -0.39 is 0 Å². The van der Waals surface area contributed by atoms with E-state index in [0.29, 0.717) is 17.4 Å². The van der Waals surface area contributed by atoms with Crippen LogP contribution in [0.5, 0.6) is 11.5 Å². The van der Waals surface area contributed by atoms with Gasteiger partial charge in [0.05, 0.1) is 11.7 Å². The Morgan fingerprint density at radius 1 is 1.29 bits per heavy atom. The van der Waals surface area contributed by atoms with Crippen LogP contribution >= 0.6 is 0 Å². The summed E-state index contributed by atoms with van der Waals surface area (Å²) in [6.45, 7) is 5.88. The Labute approximate surface area is 102 Å². The summed E-state index contributed by atoms with van der Waals surface area (Å²) in [6, 6.07) is 7.57. The molecule has 0 N–H and O–H groups in total. The minimum atomic E-state index is -0.301. The van der Waals surface area contributed by atoms with Gasteiger partial charge in [-0.2, -0.15) is 5.26 Å². The first-order valence-electron chi connectivity index (χ1n) is 5.88. The van der Waals surface area contributed by atoms with Crippen molar-refractivity contribution in [3.63, 3.8) is 0 Å². The van der Waals surface area contributed by atoms with Gasteiger partial charge >= 0.3 is 0 Å². The van der Waals surface area contributed by atoms with Crippen molar-refractivity contribution in [2.24, 2.45) is 0 Å². The van der Waals surface area contributed by atoms with Gasteiger partial charge in [-0.05, 0) is 45.7 Å². The highest BCUT2D eigenvalue weighted by atomic mass is 16.5. The second-order valence-electron chi connectivity index (χ2n) is 5.30. The lowest BCUT2D eigenvalue weighted by Crippen LogP contribution is -2.23. The van der Waals surface area contributed by atoms with E-state index in [0.717, 1.165) is 18.6 Å². The fraction of sp³-hybridized carbons (Fsp3) is 0.500. The van der Waals surface area contributed by atoms with E-state index >= 15 is 0 Å². The molecule has 0 heterocycles. The number of nitriles is 1. The average molecular weight is 231 g/mol. The minimum Gasteiger partial charge on any atom is -0.490 e. The lowest BCUT2D eigenvalue weighted by molar-refractivity contribution is 0.130. The Hall–Kier alpha value is -1.69. The van der Waals surface area contributed by atoms with E-state index in [2.05, 4.69) is 6.07 Å². The number of nitrogens with zero attached hydrogens (tertiary/aromatic N) is 1. The van der Waals surface area contributed by atoms with Crippen LogP contribution in [-0.4, -0.2) is 11.7 Å². The molecule has 1 aromatic rings. The van der Waals surface area contributed by atoms with Crippen molar-refractivity contribution in [3.05, 3.63) is 23.8 Å². The Kier molecular flexibility index (Phi) is 2.97. The second kappa shape index (κ2) is 4.29. The van der Waals surface area contributed by atoms with Gasteiger partial charge in [-0.15, -0.1) is 0 Å². The van der Waals surface area contributed by atoms with Crippen LogP contribution in [0.1, 0.15) is 39.2 Å². The molecule has 1 fully saturated rings. The van der Waals surface area contributed by atoms with Crippen LogP contribution in [0.15, 0.2) is 18.2 Å². The first kappa shape index (κ1) is 11.8. The summed E-state index contributed by atoms with van der Waals surface area (Å²) in [7, 11) is 0. The van der Waals surface area contributed by atoms with Crippen LogP contribution in [0.4, 0.5) is 0 Å². The molecule has 0 saturated heterocycles. The number of hydrogen-bond donors (Lipinski definition) is 0. The van der Waals surface area contributed by atoms with Crippen molar-refractivity contribution >= 4 is 0 Å². The normalized spacial score (nSPS) is 15.2. The van der Waals surface area contributed by atoms with Crippen LogP contribution < -0.4 is 9.47 Å². The van der Waals surface area contributed by atoms with Gasteiger partial charge in [-0.3, -0.25) is 0 Å². The molecule has 2 rings (SSSR count). The highest BCUT2D eigenvalue weighted by molar-refractivity contribution is 5.48. The van der Waals surface area contributed by atoms with Crippen LogP contribution in [0.3, 0.4) is 0 Å². The maximum atomic E-state index is 9.10. The van der Waals surface area contributed by atoms with Gasteiger partial charge in [0.25, 0.3) is 0 Å². The van der Waals surface area contributed by atoms with Crippen molar-refractivity contribution in [2.75, 3.05) is 0 Å². The molecule has 0 aliphatic heterocycles. The minimum absolute atomic E-state index is 0.301. The SMILES string of the molecule is CC(C)(C)Oc1ccc(OC2CC2)cc1C#N. The Morgan fingerprint density at radius 2 is 2.00 bits per heavy atom. The molecule has 0 radical (unpaired) electrons. The molecule has 0 bridgehead atoms. The zero-order valence-corrected chi connectivity index (χ0v) is 10.5. The predicted molar refractivity (Wildman–Crippen MR) is 65.2 cm³/mol. The number of hydrogen-bond acceptors (Lipinski definition) is 3. The molecular formula is C14H17NO2. The smallest absolute Gasteiger partial charge is 0.138 e. The standard InChI is InChI=1S/C14H17NO2/c1-14(2,3)17-13-7-6-12(8-10(13)9-15)16-11-4-5-11/h6-8,11H,4-5H2,1-3H3. The van der Waals surface area contributed by atoms with E-state index in [1.54, 1.807) is 6.07 Å². The molecule has 17 heavy (non-hydrogen) atoms. The molecule has 0 unspecified atom stereocenters. The fourth-order valence-corrected chi connectivity index (χ4v) is 1.47. The molecule has 3 heteroatoms.